The highest BCUT2D eigenvalue weighted by atomic mass is 14.9. The summed E-state index contributed by atoms with van der Waals surface area (Å²) in [6.45, 7) is 10.3. The molecule has 1 unspecified atom stereocenters. The van der Waals surface area contributed by atoms with Gasteiger partial charge in [0, 0.05) is 6.04 Å². The first kappa shape index (κ1) is 14.6. The normalized spacial score (nSPS) is 25.3. The number of hydrogen-bond donors (Lipinski definition) is 1. The van der Waals surface area contributed by atoms with E-state index in [4.69, 9.17) is 0 Å². The lowest BCUT2D eigenvalue weighted by atomic mass is 9.83. The Bertz CT molecular complexity index is 402. The van der Waals surface area contributed by atoms with Crippen molar-refractivity contribution in [1.82, 2.24) is 5.32 Å². The van der Waals surface area contributed by atoms with Gasteiger partial charge in [0.2, 0.25) is 0 Å². The molecule has 1 fully saturated rings. The average Bonchev–Trinajstić information content (AvgIpc) is 2.37. The Labute approximate surface area is 118 Å². The fourth-order valence-electron chi connectivity index (χ4n) is 3.30. The molecule has 1 N–H and O–H groups in total. The molecule has 1 atom stereocenters. The highest BCUT2D eigenvalue weighted by Gasteiger charge is 2.18. The second-order valence-corrected chi connectivity index (χ2v) is 6.62. The topological polar surface area (TPSA) is 12.0 Å². The van der Waals surface area contributed by atoms with E-state index in [0.717, 1.165) is 11.8 Å². The van der Waals surface area contributed by atoms with Crippen LogP contribution >= 0.6 is 0 Å². The zero-order valence-electron chi connectivity index (χ0n) is 13.0. The molecule has 0 bridgehead atoms. The Hall–Kier alpha value is -0.820. The van der Waals surface area contributed by atoms with Gasteiger partial charge in [-0.25, -0.2) is 0 Å². The summed E-state index contributed by atoms with van der Waals surface area (Å²) in [7, 11) is 0. The van der Waals surface area contributed by atoms with Crippen LogP contribution in [-0.2, 0) is 0 Å². The Balaban J connectivity index is 1.85. The SMILES string of the molecule is Cc1ccc(C(C)NCC2CCC(C)CC2)c(C)c1. The Morgan fingerprint density at radius 2 is 1.84 bits per heavy atom. The minimum absolute atomic E-state index is 0.472. The molecule has 0 heterocycles. The molecule has 1 saturated carbocycles. The van der Waals surface area contributed by atoms with E-state index >= 15 is 0 Å². The molecule has 0 spiro atoms. The van der Waals surface area contributed by atoms with Crippen molar-refractivity contribution in [2.75, 3.05) is 6.54 Å². The van der Waals surface area contributed by atoms with Crippen LogP contribution in [0.4, 0.5) is 0 Å². The molecule has 0 aliphatic heterocycles. The van der Waals surface area contributed by atoms with E-state index in [9.17, 15) is 0 Å². The molecule has 0 saturated heterocycles. The van der Waals surface area contributed by atoms with Gasteiger partial charge in [-0.15, -0.1) is 0 Å². The molecule has 0 aromatic heterocycles. The van der Waals surface area contributed by atoms with Gasteiger partial charge in [-0.1, -0.05) is 43.5 Å². The summed E-state index contributed by atoms with van der Waals surface area (Å²) >= 11 is 0. The van der Waals surface area contributed by atoms with Crippen LogP contribution in [0.3, 0.4) is 0 Å². The van der Waals surface area contributed by atoms with Gasteiger partial charge in [0.25, 0.3) is 0 Å². The smallest absolute Gasteiger partial charge is 0.0294 e. The van der Waals surface area contributed by atoms with E-state index in [-0.39, 0.29) is 0 Å². The minimum atomic E-state index is 0.472. The van der Waals surface area contributed by atoms with Crippen molar-refractivity contribution < 1.29 is 0 Å². The first-order chi connectivity index (χ1) is 9.06. The van der Waals surface area contributed by atoms with Crippen LogP contribution in [0.25, 0.3) is 0 Å². The minimum Gasteiger partial charge on any atom is -0.310 e. The molecule has 1 aromatic rings. The lowest BCUT2D eigenvalue weighted by Gasteiger charge is -2.28. The van der Waals surface area contributed by atoms with Crippen LogP contribution in [0.2, 0.25) is 0 Å². The van der Waals surface area contributed by atoms with Crippen LogP contribution in [0.15, 0.2) is 18.2 Å². The monoisotopic (exact) mass is 259 g/mol. The number of hydrogen-bond acceptors (Lipinski definition) is 1. The van der Waals surface area contributed by atoms with E-state index in [1.165, 1.54) is 48.9 Å². The molecule has 1 aliphatic carbocycles. The predicted molar refractivity (Wildman–Crippen MR) is 83.5 cm³/mol. The van der Waals surface area contributed by atoms with Gasteiger partial charge in [-0.05, 0) is 63.1 Å². The van der Waals surface area contributed by atoms with Crippen LogP contribution in [0, 0.1) is 25.7 Å². The van der Waals surface area contributed by atoms with Crippen molar-refractivity contribution in [1.29, 1.82) is 0 Å². The summed E-state index contributed by atoms with van der Waals surface area (Å²) in [5.41, 5.74) is 4.22. The van der Waals surface area contributed by atoms with E-state index < -0.39 is 0 Å². The first-order valence-corrected chi connectivity index (χ1v) is 7.86. The van der Waals surface area contributed by atoms with Gasteiger partial charge in [-0.3, -0.25) is 0 Å². The van der Waals surface area contributed by atoms with Crippen LogP contribution in [0.5, 0.6) is 0 Å². The van der Waals surface area contributed by atoms with Crippen molar-refractivity contribution >= 4 is 0 Å². The maximum Gasteiger partial charge on any atom is 0.0294 e. The maximum absolute atomic E-state index is 3.74. The molecule has 1 aromatic carbocycles. The number of nitrogens with one attached hydrogen (secondary N) is 1. The molecule has 1 heteroatoms. The van der Waals surface area contributed by atoms with Crippen LogP contribution in [-0.4, -0.2) is 6.54 Å². The zero-order chi connectivity index (χ0) is 13.8. The van der Waals surface area contributed by atoms with Crippen molar-refractivity contribution in [3.8, 4) is 0 Å². The van der Waals surface area contributed by atoms with Crippen molar-refractivity contribution in [3.63, 3.8) is 0 Å². The van der Waals surface area contributed by atoms with Gasteiger partial charge in [0.1, 0.15) is 0 Å². The molecule has 2 rings (SSSR count). The van der Waals surface area contributed by atoms with Gasteiger partial charge in [0.05, 0.1) is 0 Å². The fraction of sp³-hybridized carbons (Fsp3) is 0.667. The first-order valence-electron chi connectivity index (χ1n) is 7.86. The summed E-state index contributed by atoms with van der Waals surface area (Å²) in [5.74, 6) is 1.84. The lowest BCUT2D eigenvalue weighted by molar-refractivity contribution is 0.276. The third-order valence-electron chi connectivity index (χ3n) is 4.74. The second kappa shape index (κ2) is 6.56. The summed E-state index contributed by atoms with van der Waals surface area (Å²) in [4.78, 5) is 0. The summed E-state index contributed by atoms with van der Waals surface area (Å²) < 4.78 is 0. The Kier molecular flexibility index (Phi) is 5.04. The summed E-state index contributed by atoms with van der Waals surface area (Å²) in [6, 6.07) is 7.27. The molecule has 106 valence electrons. The largest absolute Gasteiger partial charge is 0.310 e. The standard InChI is InChI=1S/C18H29N/c1-13-5-8-17(9-6-13)12-19-16(4)18-10-7-14(2)11-15(18)3/h7,10-11,13,16-17,19H,5-6,8-9,12H2,1-4H3. The molecular weight excluding hydrogens is 230 g/mol. The third kappa shape index (κ3) is 4.07. The highest BCUT2D eigenvalue weighted by Crippen LogP contribution is 2.28. The molecule has 1 nitrogen and oxygen atoms in total. The average molecular weight is 259 g/mol. The zero-order valence-corrected chi connectivity index (χ0v) is 13.0. The number of benzene rings is 1. The van der Waals surface area contributed by atoms with E-state index in [1.807, 2.05) is 0 Å². The van der Waals surface area contributed by atoms with Gasteiger partial charge in [-0.2, -0.15) is 0 Å². The van der Waals surface area contributed by atoms with E-state index in [1.54, 1.807) is 0 Å². The lowest BCUT2D eigenvalue weighted by Crippen LogP contribution is -2.28. The fourth-order valence-corrected chi connectivity index (χ4v) is 3.30. The number of rotatable bonds is 4. The van der Waals surface area contributed by atoms with Crippen molar-refractivity contribution in [3.05, 3.63) is 34.9 Å². The van der Waals surface area contributed by atoms with Crippen molar-refractivity contribution in [2.24, 2.45) is 11.8 Å². The number of aryl methyl sites for hydroxylation is 2. The summed E-state index contributed by atoms with van der Waals surface area (Å²) in [6.07, 6.45) is 5.66. The quantitative estimate of drug-likeness (QED) is 0.820. The Morgan fingerprint density at radius 1 is 1.16 bits per heavy atom. The summed E-state index contributed by atoms with van der Waals surface area (Å²) in [5, 5.41) is 3.74. The Morgan fingerprint density at radius 3 is 2.47 bits per heavy atom. The van der Waals surface area contributed by atoms with E-state index in [2.05, 4.69) is 51.2 Å². The highest BCUT2D eigenvalue weighted by molar-refractivity contribution is 5.32. The van der Waals surface area contributed by atoms with Gasteiger partial charge >= 0.3 is 0 Å². The van der Waals surface area contributed by atoms with Crippen LogP contribution in [0.1, 0.15) is 62.3 Å². The predicted octanol–water partition coefficient (Wildman–Crippen LogP) is 4.78. The van der Waals surface area contributed by atoms with Gasteiger partial charge < -0.3 is 5.32 Å². The molecule has 0 amide bonds. The molecule has 19 heavy (non-hydrogen) atoms. The van der Waals surface area contributed by atoms with Gasteiger partial charge in [0.15, 0.2) is 0 Å². The van der Waals surface area contributed by atoms with Crippen molar-refractivity contribution in [2.45, 2.75) is 59.4 Å². The van der Waals surface area contributed by atoms with E-state index in [0.29, 0.717) is 6.04 Å². The van der Waals surface area contributed by atoms with Crippen LogP contribution < -0.4 is 5.32 Å². The third-order valence-corrected chi connectivity index (χ3v) is 4.74. The molecule has 0 radical (unpaired) electrons. The molecule has 1 aliphatic rings. The second-order valence-electron chi connectivity index (χ2n) is 6.62. The molecular formula is C18H29N. The maximum atomic E-state index is 3.74.